The van der Waals surface area contributed by atoms with Crippen molar-refractivity contribution >= 4 is 16.6 Å². The molecule has 2 aliphatic rings. The molecule has 0 bridgehead atoms. The minimum absolute atomic E-state index is 0.0668. The molecular weight excluding hydrogens is 396 g/mol. The number of nitrogens with zero attached hydrogens (tertiary/aromatic N) is 6. The first-order valence-corrected chi connectivity index (χ1v) is 10.9. The summed E-state index contributed by atoms with van der Waals surface area (Å²) in [6, 6.07) is 6.30. The topological polar surface area (TPSA) is 89.6 Å². The van der Waals surface area contributed by atoms with Gasteiger partial charge < -0.3 is 18.9 Å². The molecule has 0 amide bonds. The fourth-order valence-corrected chi connectivity index (χ4v) is 4.13. The Labute approximate surface area is 181 Å². The van der Waals surface area contributed by atoms with Crippen LogP contribution in [0.25, 0.3) is 10.9 Å². The fraction of sp³-hybridized carbons (Fsp3) is 0.545. The van der Waals surface area contributed by atoms with Crippen LogP contribution in [0.2, 0.25) is 0 Å². The van der Waals surface area contributed by atoms with Crippen LogP contribution in [-0.4, -0.2) is 70.5 Å². The van der Waals surface area contributed by atoms with E-state index < -0.39 is 0 Å². The van der Waals surface area contributed by atoms with Gasteiger partial charge in [-0.15, -0.1) is 0 Å². The van der Waals surface area contributed by atoms with Gasteiger partial charge in [0, 0.05) is 38.5 Å². The zero-order valence-corrected chi connectivity index (χ0v) is 18.0. The summed E-state index contributed by atoms with van der Waals surface area (Å²) in [5.41, 5.74) is 2.06. The van der Waals surface area contributed by atoms with E-state index in [-0.39, 0.29) is 12.0 Å². The van der Waals surface area contributed by atoms with Crippen molar-refractivity contribution in [2.45, 2.75) is 38.8 Å². The number of aromatic nitrogens is 4. The maximum absolute atomic E-state index is 5.88. The summed E-state index contributed by atoms with van der Waals surface area (Å²) in [5.74, 6) is 2.36. The average Bonchev–Trinajstić information content (AvgIpc) is 3.46. The van der Waals surface area contributed by atoms with Gasteiger partial charge in [0.15, 0.2) is 5.82 Å². The van der Waals surface area contributed by atoms with Crippen LogP contribution >= 0.6 is 0 Å². The Hall–Kier alpha value is -2.78. The third-order valence-corrected chi connectivity index (χ3v) is 5.79. The molecule has 1 aromatic carbocycles. The first-order chi connectivity index (χ1) is 15.2. The van der Waals surface area contributed by atoms with Gasteiger partial charge in [0.1, 0.15) is 6.33 Å². The van der Waals surface area contributed by atoms with E-state index in [0.29, 0.717) is 24.9 Å². The molecule has 4 heterocycles. The van der Waals surface area contributed by atoms with E-state index in [2.05, 4.69) is 42.0 Å². The summed E-state index contributed by atoms with van der Waals surface area (Å²) in [7, 11) is 0. The maximum atomic E-state index is 5.88. The zero-order valence-electron chi connectivity index (χ0n) is 18.0. The molecule has 2 fully saturated rings. The second kappa shape index (κ2) is 8.76. The van der Waals surface area contributed by atoms with Gasteiger partial charge in [-0.25, -0.2) is 9.97 Å². The van der Waals surface area contributed by atoms with E-state index in [4.69, 9.17) is 14.0 Å². The van der Waals surface area contributed by atoms with E-state index in [1.54, 1.807) is 6.33 Å². The highest BCUT2D eigenvalue weighted by molar-refractivity contribution is 5.86. The molecular formula is C22H28N6O3. The molecule has 0 aliphatic carbocycles. The van der Waals surface area contributed by atoms with Crippen LogP contribution < -0.4 is 9.64 Å². The molecule has 2 aliphatic heterocycles. The van der Waals surface area contributed by atoms with Crippen molar-refractivity contribution in [3.05, 3.63) is 36.2 Å². The minimum atomic E-state index is 0.0668. The van der Waals surface area contributed by atoms with Crippen LogP contribution in [0.5, 0.6) is 5.88 Å². The number of ether oxygens (including phenoxy) is 2. The first kappa shape index (κ1) is 20.1. The average molecular weight is 425 g/mol. The van der Waals surface area contributed by atoms with Crippen LogP contribution in [0.1, 0.15) is 37.9 Å². The highest BCUT2D eigenvalue weighted by Crippen LogP contribution is 2.28. The van der Waals surface area contributed by atoms with Gasteiger partial charge in [-0.05, 0) is 38.5 Å². The minimum Gasteiger partial charge on any atom is -0.474 e. The Kier molecular flexibility index (Phi) is 5.69. The third kappa shape index (κ3) is 4.47. The Morgan fingerprint density at radius 1 is 1.16 bits per heavy atom. The van der Waals surface area contributed by atoms with Crippen molar-refractivity contribution in [1.82, 2.24) is 25.0 Å². The van der Waals surface area contributed by atoms with Crippen molar-refractivity contribution in [3.63, 3.8) is 0 Å². The van der Waals surface area contributed by atoms with E-state index in [0.717, 1.165) is 55.9 Å². The van der Waals surface area contributed by atoms with Crippen molar-refractivity contribution in [1.29, 1.82) is 0 Å². The van der Waals surface area contributed by atoms with Gasteiger partial charge in [-0.2, -0.15) is 4.98 Å². The van der Waals surface area contributed by atoms with Crippen LogP contribution in [0.3, 0.4) is 0 Å². The molecule has 2 aromatic heterocycles. The number of benzene rings is 1. The standard InChI is InChI=1S/C22H28N6O3/c1-15(2)30-22-18-11-17(3-4-19(18)23-14-24-22)28-8-6-27(7-9-28)12-20-25-21(31-26-20)16-5-10-29-13-16/h3-4,11,14-16H,5-10,12-13H2,1-2H3. The lowest BCUT2D eigenvalue weighted by Crippen LogP contribution is -2.46. The summed E-state index contributed by atoms with van der Waals surface area (Å²) in [6.45, 7) is 9.92. The molecule has 0 N–H and O–H groups in total. The highest BCUT2D eigenvalue weighted by atomic mass is 16.5. The maximum Gasteiger partial charge on any atom is 0.232 e. The Bertz CT molecular complexity index is 1030. The number of piperazine rings is 1. The molecule has 1 atom stereocenters. The molecule has 0 radical (unpaired) electrons. The number of hydrogen-bond acceptors (Lipinski definition) is 9. The second-order valence-electron chi connectivity index (χ2n) is 8.42. The molecule has 9 nitrogen and oxygen atoms in total. The molecule has 2 saturated heterocycles. The number of hydrogen-bond donors (Lipinski definition) is 0. The largest absolute Gasteiger partial charge is 0.474 e. The highest BCUT2D eigenvalue weighted by Gasteiger charge is 2.25. The molecule has 9 heteroatoms. The van der Waals surface area contributed by atoms with Gasteiger partial charge in [0.2, 0.25) is 11.8 Å². The van der Waals surface area contributed by atoms with Crippen LogP contribution in [0.15, 0.2) is 29.0 Å². The Morgan fingerprint density at radius 3 is 2.81 bits per heavy atom. The summed E-state index contributed by atoms with van der Waals surface area (Å²) in [6.07, 6.45) is 2.58. The van der Waals surface area contributed by atoms with Crippen LogP contribution in [-0.2, 0) is 11.3 Å². The normalized spacial score (nSPS) is 20.1. The van der Waals surface area contributed by atoms with Gasteiger partial charge in [0.05, 0.1) is 36.1 Å². The number of rotatable bonds is 6. The Balaban J connectivity index is 1.22. The quantitative estimate of drug-likeness (QED) is 0.592. The van der Waals surface area contributed by atoms with E-state index in [1.807, 2.05) is 19.9 Å². The van der Waals surface area contributed by atoms with Gasteiger partial charge in [-0.3, -0.25) is 4.90 Å². The molecule has 1 unspecified atom stereocenters. The fourth-order valence-electron chi connectivity index (χ4n) is 4.13. The van der Waals surface area contributed by atoms with Gasteiger partial charge in [-0.1, -0.05) is 5.16 Å². The number of fused-ring (bicyclic) bond motifs is 1. The lowest BCUT2D eigenvalue weighted by molar-refractivity contribution is 0.189. The third-order valence-electron chi connectivity index (χ3n) is 5.79. The summed E-state index contributed by atoms with van der Waals surface area (Å²) in [5, 5.41) is 5.13. The van der Waals surface area contributed by atoms with E-state index in [9.17, 15) is 0 Å². The molecule has 3 aromatic rings. The SMILES string of the molecule is CC(C)Oc1ncnc2ccc(N3CCN(Cc4noc(C5CCOC5)n4)CC3)cc12. The second-order valence-corrected chi connectivity index (χ2v) is 8.42. The summed E-state index contributed by atoms with van der Waals surface area (Å²) < 4.78 is 16.8. The van der Waals surface area contributed by atoms with Crippen LogP contribution in [0.4, 0.5) is 5.69 Å². The lowest BCUT2D eigenvalue weighted by atomic mass is 10.1. The summed E-state index contributed by atoms with van der Waals surface area (Å²) >= 11 is 0. The Morgan fingerprint density at radius 2 is 2.03 bits per heavy atom. The smallest absolute Gasteiger partial charge is 0.232 e. The van der Waals surface area contributed by atoms with E-state index >= 15 is 0 Å². The zero-order chi connectivity index (χ0) is 21.2. The van der Waals surface area contributed by atoms with Gasteiger partial charge >= 0.3 is 0 Å². The van der Waals surface area contributed by atoms with Crippen molar-refractivity contribution in [2.24, 2.45) is 0 Å². The van der Waals surface area contributed by atoms with Crippen molar-refractivity contribution < 1.29 is 14.0 Å². The predicted octanol–water partition coefficient (Wildman–Crippen LogP) is 2.63. The lowest BCUT2D eigenvalue weighted by Gasteiger charge is -2.35. The van der Waals surface area contributed by atoms with Gasteiger partial charge in [0.25, 0.3) is 0 Å². The monoisotopic (exact) mass is 424 g/mol. The van der Waals surface area contributed by atoms with Crippen molar-refractivity contribution in [2.75, 3.05) is 44.3 Å². The molecule has 0 spiro atoms. The molecule has 31 heavy (non-hydrogen) atoms. The summed E-state index contributed by atoms with van der Waals surface area (Å²) in [4.78, 5) is 18.1. The van der Waals surface area contributed by atoms with Crippen molar-refractivity contribution in [3.8, 4) is 5.88 Å². The first-order valence-electron chi connectivity index (χ1n) is 10.9. The molecule has 0 saturated carbocycles. The van der Waals surface area contributed by atoms with Crippen LogP contribution in [0, 0.1) is 0 Å². The predicted molar refractivity (Wildman–Crippen MR) is 115 cm³/mol. The van der Waals surface area contributed by atoms with E-state index in [1.165, 1.54) is 5.69 Å². The molecule has 5 rings (SSSR count). The molecule has 164 valence electrons. The number of anilines is 1.